The molecular formula is C21H22ClF2N3O4S. The molecule has 1 aliphatic heterocycles. The van der Waals surface area contributed by atoms with Crippen LogP contribution in [0.5, 0.6) is 0 Å². The van der Waals surface area contributed by atoms with Gasteiger partial charge in [-0.2, -0.15) is 8.42 Å². The van der Waals surface area contributed by atoms with Gasteiger partial charge >= 0.3 is 0 Å². The van der Waals surface area contributed by atoms with Crippen molar-refractivity contribution in [2.75, 3.05) is 19.5 Å². The van der Waals surface area contributed by atoms with Crippen LogP contribution in [0, 0.1) is 0 Å². The molecule has 172 valence electrons. The first-order chi connectivity index (χ1) is 15.2. The van der Waals surface area contributed by atoms with E-state index >= 15 is 0 Å². The lowest BCUT2D eigenvalue weighted by molar-refractivity contribution is -0.0897. The summed E-state index contributed by atoms with van der Waals surface area (Å²) in [6.07, 6.45) is 1.57. The molecule has 0 spiro atoms. The Morgan fingerprint density at radius 3 is 2.81 bits per heavy atom. The lowest BCUT2D eigenvalue weighted by Gasteiger charge is -2.37. The fraction of sp³-hybridized carbons (Fsp3) is 0.524. The molecule has 32 heavy (non-hydrogen) atoms. The maximum absolute atomic E-state index is 13.7. The summed E-state index contributed by atoms with van der Waals surface area (Å²) >= 11 is 6.26. The van der Waals surface area contributed by atoms with E-state index in [-0.39, 0.29) is 30.6 Å². The summed E-state index contributed by atoms with van der Waals surface area (Å²) in [6.45, 7) is 0.346. The summed E-state index contributed by atoms with van der Waals surface area (Å²) in [5.41, 5.74) is 2.11. The van der Waals surface area contributed by atoms with Crippen molar-refractivity contribution >= 4 is 43.7 Å². The summed E-state index contributed by atoms with van der Waals surface area (Å²) < 4.78 is 63.7. The Hall–Kier alpha value is -1.88. The van der Waals surface area contributed by atoms with E-state index in [1.54, 1.807) is 18.3 Å². The summed E-state index contributed by atoms with van der Waals surface area (Å²) in [6, 6.07) is 5.19. The van der Waals surface area contributed by atoms with Crippen LogP contribution in [-0.4, -0.2) is 54.4 Å². The molecule has 2 fully saturated rings. The first-order valence-corrected chi connectivity index (χ1v) is 12.3. The maximum atomic E-state index is 13.7. The number of alkyl halides is 2. The Morgan fingerprint density at radius 1 is 1.31 bits per heavy atom. The van der Waals surface area contributed by atoms with Crippen molar-refractivity contribution in [2.45, 2.75) is 49.7 Å². The molecule has 2 aromatic heterocycles. The van der Waals surface area contributed by atoms with Crippen molar-refractivity contribution in [1.82, 2.24) is 14.5 Å². The smallest absolute Gasteiger partial charge is 0.269 e. The van der Waals surface area contributed by atoms with E-state index in [1.807, 2.05) is 10.6 Å². The molecule has 0 radical (unpaired) electrons. The van der Waals surface area contributed by atoms with Gasteiger partial charge in [0.25, 0.3) is 10.1 Å². The van der Waals surface area contributed by atoms with E-state index in [0.29, 0.717) is 35.8 Å². The molecule has 1 saturated heterocycles. The molecular weight excluding hydrogens is 464 g/mol. The van der Waals surface area contributed by atoms with Crippen LogP contribution in [0.1, 0.15) is 43.5 Å². The van der Waals surface area contributed by atoms with E-state index in [0.717, 1.165) is 23.5 Å². The quantitative estimate of drug-likeness (QED) is 0.496. The van der Waals surface area contributed by atoms with E-state index < -0.39 is 22.1 Å². The van der Waals surface area contributed by atoms with Crippen molar-refractivity contribution in [2.24, 2.45) is 0 Å². The highest BCUT2D eigenvalue weighted by molar-refractivity contribution is 7.86. The highest BCUT2D eigenvalue weighted by Crippen LogP contribution is 2.50. The van der Waals surface area contributed by atoms with Gasteiger partial charge in [0.05, 0.1) is 30.4 Å². The minimum Gasteiger partial charge on any atom is -0.377 e. The van der Waals surface area contributed by atoms with Gasteiger partial charge in [0, 0.05) is 41.8 Å². The zero-order chi connectivity index (χ0) is 22.7. The predicted molar refractivity (Wildman–Crippen MR) is 116 cm³/mol. The van der Waals surface area contributed by atoms with E-state index in [2.05, 4.69) is 9.17 Å². The maximum Gasteiger partial charge on any atom is 0.269 e. The average molecular weight is 486 g/mol. The minimum absolute atomic E-state index is 0.167. The Morgan fingerprint density at radius 2 is 2.09 bits per heavy atom. The van der Waals surface area contributed by atoms with Crippen molar-refractivity contribution in [3.8, 4) is 0 Å². The molecule has 0 amide bonds. The number of hydrogen-bond acceptors (Lipinski definition) is 6. The monoisotopic (exact) mass is 485 g/mol. The number of imidazole rings is 1. The molecule has 0 bridgehead atoms. The zero-order valence-electron chi connectivity index (χ0n) is 17.3. The number of pyridine rings is 1. The van der Waals surface area contributed by atoms with Crippen LogP contribution in [0.25, 0.3) is 21.9 Å². The van der Waals surface area contributed by atoms with Gasteiger partial charge in [0.2, 0.25) is 5.92 Å². The molecule has 1 aliphatic carbocycles. The number of aromatic nitrogens is 3. The standard InChI is InChI=1S/C21H22ClF2N3O4S/c1-30-32(28,29)11-15-7-14(4-5-31-15)27-19-16-6-13(22)2-3-17(16)25-10-18(19)26-20(27)12-8-21(23,24)9-12/h2-3,6,10,12,14-15H,4-5,7-9,11H2,1H3/t14-,15+/m0/s1. The Bertz CT molecular complexity index is 1290. The molecule has 1 saturated carbocycles. The van der Waals surface area contributed by atoms with Gasteiger partial charge in [-0.25, -0.2) is 13.8 Å². The van der Waals surface area contributed by atoms with Gasteiger partial charge in [0.15, 0.2) is 0 Å². The lowest BCUT2D eigenvalue weighted by Crippen LogP contribution is -2.37. The number of benzene rings is 1. The summed E-state index contributed by atoms with van der Waals surface area (Å²) in [7, 11) is -2.58. The number of fused-ring (bicyclic) bond motifs is 3. The SMILES string of the molecule is COS(=O)(=O)C[C@H]1C[C@@H](n2c(C3CC(F)(F)C3)nc3cnc4ccc(Cl)cc4c32)CCO1. The third-order valence-electron chi connectivity index (χ3n) is 6.31. The van der Waals surface area contributed by atoms with Crippen LogP contribution < -0.4 is 0 Å². The molecule has 11 heteroatoms. The lowest BCUT2D eigenvalue weighted by atomic mass is 9.80. The fourth-order valence-corrected chi connectivity index (χ4v) is 5.77. The predicted octanol–water partition coefficient (Wildman–Crippen LogP) is 4.45. The molecule has 5 rings (SSSR count). The van der Waals surface area contributed by atoms with E-state index in [9.17, 15) is 17.2 Å². The Labute approximate surface area is 188 Å². The van der Waals surface area contributed by atoms with Crippen molar-refractivity contribution in [3.63, 3.8) is 0 Å². The second-order valence-corrected chi connectivity index (χ2v) is 10.7. The molecule has 7 nitrogen and oxygen atoms in total. The molecule has 2 atom stereocenters. The van der Waals surface area contributed by atoms with Crippen LogP contribution in [0.4, 0.5) is 8.78 Å². The van der Waals surface area contributed by atoms with Gasteiger partial charge in [-0.05, 0) is 31.0 Å². The number of rotatable bonds is 5. The summed E-state index contributed by atoms with van der Waals surface area (Å²) in [5, 5.41) is 1.32. The van der Waals surface area contributed by atoms with Crippen LogP contribution >= 0.6 is 11.6 Å². The Kier molecular flexibility index (Phi) is 5.39. The molecule has 2 aliphatic rings. The highest BCUT2D eigenvalue weighted by atomic mass is 35.5. The van der Waals surface area contributed by atoms with Crippen LogP contribution in [0.15, 0.2) is 24.4 Å². The first kappa shape index (κ1) is 21.9. The van der Waals surface area contributed by atoms with E-state index in [1.165, 1.54) is 0 Å². The number of nitrogens with zero attached hydrogens (tertiary/aromatic N) is 3. The van der Waals surface area contributed by atoms with Gasteiger partial charge < -0.3 is 9.30 Å². The van der Waals surface area contributed by atoms with Crippen molar-refractivity contribution in [3.05, 3.63) is 35.2 Å². The second kappa shape index (κ2) is 7.86. The third kappa shape index (κ3) is 3.98. The number of ether oxygens (including phenoxy) is 1. The van der Waals surface area contributed by atoms with Gasteiger partial charge in [-0.15, -0.1) is 0 Å². The summed E-state index contributed by atoms with van der Waals surface area (Å²) in [4.78, 5) is 9.16. The second-order valence-electron chi connectivity index (χ2n) is 8.52. The first-order valence-electron chi connectivity index (χ1n) is 10.4. The number of hydrogen-bond donors (Lipinski definition) is 0. The van der Waals surface area contributed by atoms with Gasteiger partial charge in [-0.1, -0.05) is 11.6 Å². The van der Waals surface area contributed by atoms with Crippen molar-refractivity contribution in [1.29, 1.82) is 0 Å². The largest absolute Gasteiger partial charge is 0.377 e. The molecule has 0 N–H and O–H groups in total. The van der Waals surface area contributed by atoms with E-state index in [4.69, 9.17) is 21.3 Å². The average Bonchev–Trinajstić information content (AvgIpc) is 3.11. The molecule has 1 aromatic carbocycles. The topological polar surface area (TPSA) is 83.3 Å². The Balaban J connectivity index is 1.63. The van der Waals surface area contributed by atoms with Crippen LogP contribution in [0.2, 0.25) is 5.02 Å². The molecule has 3 heterocycles. The van der Waals surface area contributed by atoms with Crippen molar-refractivity contribution < 1.29 is 26.1 Å². The third-order valence-corrected chi connectivity index (χ3v) is 7.83. The molecule has 3 aromatic rings. The van der Waals surface area contributed by atoms with Gasteiger partial charge in [-0.3, -0.25) is 9.17 Å². The van der Waals surface area contributed by atoms with Crippen LogP contribution in [-0.2, 0) is 19.0 Å². The summed E-state index contributed by atoms with van der Waals surface area (Å²) in [5.74, 6) is -2.75. The minimum atomic E-state index is -3.71. The van der Waals surface area contributed by atoms with Gasteiger partial charge in [0.1, 0.15) is 17.1 Å². The highest BCUT2D eigenvalue weighted by Gasteiger charge is 2.48. The zero-order valence-corrected chi connectivity index (χ0v) is 18.9. The fourth-order valence-electron chi connectivity index (χ4n) is 4.78. The van der Waals surface area contributed by atoms with Crippen LogP contribution in [0.3, 0.4) is 0 Å². The normalized spacial score (nSPS) is 24.1. The molecule has 0 unspecified atom stereocenters. The number of halogens is 3.